The third-order valence-corrected chi connectivity index (χ3v) is 8.36. The molecule has 184 valence electrons. The van der Waals surface area contributed by atoms with Gasteiger partial charge in [0, 0.05) is 19.1 Å². The summed E-state index contributed by atoms with van der Waals surface area (Å²) in [6, 6.07) is 24.0. The lowest BCUT2D eigenvalue weighted by molar-refractivity contribution is -0.146. The van der Waals surface area contributed by atoms with Crippen LogP contribution in [0, 0.1) is 0 Å². The number of piperidine rings is 1. The van der Waals surface area contributed by atoms with E-state index in [1.54, 1.807) is 19.2 Å². The van der Waals surface area contributed by atoms with E-state index in [1.165, 1.54) is 12.1 Å². The number of nitrogens with zero attached hydrogens (tertiary/aromatic N) is 1. The van der Waals surface area contributed by atoms with Crippen LogP contribution in [0.15, 0.2) is 83.8 Å². The van der Waals surface area contributed by atoms with Crippen LogP contribution in [0.4, 0.5) is 0 Å². The van der Waals surface area contributed by atoms with Crippen LogP contribution in [0.2, 0.25) is 0 Å². The Hall–Kier alpha value is -3.20. The van der Waals surface area contributed by atoms with Crippen molar-refractivity contribution in [3.05, 3.63) is 84.4 Å². The molecule has 1 saturated heterocycles. The molecule has 0 saturated carbocycles. The van der Waals surface area contributed by atoms with Gasteiger partial charge in [0.15, 0.2) is 0 Å². The van der Waals surface area contributed by atoms with Gasteiger partial charge in [-0.05, 0) is 60.7 Å². The van der Waals surface area contributed by atoms with Crippen molar-refractivity contribution in [3.63, 3.8) is 0 Å². The van der Waals surface area contributed by atoms with Crippen LogP contribution in [-0.2, 0) is 14.8 Å². The lowest BCUT2D eigenvalue weighted by Gasteiger charge is -2.41. The number of carboxylic acids is 1. The summed E-state index contributed by atoms with van der Waals surface area (Å²) in [6.45, 7) is 3.03. The largest absolute Gasteiger partial charge is 0.497 e. The van der Waals surface area contributed by atoms with Crippen LogP contribution in [-0.4, -0.2) is 50.1 Å². The maximum absolute atomic E-state index is 13.2. The summed E-state index contributed by atoms with van der Waals surface area (Å²) in [5.41, 5.74) is 1.38. The Morgan fingerprint density at radius 2 is 1.49 bits per heavy atom. The molecular formula is C27H30N2O5S. The van der Waals surface area contributed by atoms with Crippen molar-refractivity contribution >= 4 is 16.0 Å². The average molecular weight is 495 g/mol. The molecule has 0 aliphatic carbocycles. The average Bonchev–Trinajstić information content (AvgIpc) is 2.89. The fourth-order valence-corrected chi connectivity index (χ4v) is 5.94. The third kappa shape index (κ3) is 5.40. The zero-order valence-corrected chi connectivity index (χ0v) is 20.7. The molecule has 1 aliphatic heterocycles. The quantitative estimate of drug-likeness (QED) is 0.484. The summed E-state index contributed by atoms with van der Waals surface area (Å²) in [7, 11) is -2.44. The van der Waals surface area contributed by atoms with Crippen molar-refractivity contribution in [3.8, 4) is 16.9 Å². The fourth-order valence-electron chi connectivity index (χ4n) is 4.52. The van der Waals surface area contributed by atoms with Crippen molar-refractivity contribution in [1.29, 1.82) is 0 Å². The minimum absolute atomic E-state index is 0.0375. The molecule has 2 N–H and O–H groups in total. The minimum Gasteiger partial charge on any atom is -0.497 e. The predicted octanol–water partition coefficient (Wildman–Crippen LogP) is 4.32. The van der Waals surface area contributed by atoms with E-state index in [9.17, 15) is 18.3 Å². The molecule has 7 nitrogen and oxygen atoms in total. The highest BCUT2D eigenvalue weighted by molar-refractivity contribution is 7.89. The fraction of sp³-hybridized carbons (Fsp3) is 0.296. The number of benzene rings is 3. The van der Waals surface area contributed by atoms with Crippen molar-refractivity contribution in [2.45, 2.75) is 36.2 Å². The molecule has 4 rings (SSSR count). The summed E-state index contributed by atoms with van der Waals surface area (Å²) < 4.78 is 34.0. The number of hydrogen-bond donors (Lipinski definition) is 2. The molecule has 0 bridgehead atoms. The molecule has 0 aromatic heterocycles. The van der Waals surface area contributed by atoms with Gasteiger partial charge in [-0.1, -0.05) is 54.6 Å². The van der Waals surface area contributed by atoms with Crippen LogP contribution >= 0.6 is 0 Å². The molecule has 0 amide bonds. The molecule has 1 heterocycles. The van der Waals surface area contributed by atoms with Crippen molar-refractivity contribution in [2.75, 3.05) is 20.2 Å². The van der Waals surface area contributed by atoms with Gasteiger partial charge in [-0.15, -0.1) is 0 Å². The molecule has 1 atom stereocenters. The number of rotatable bonds is 8. The second-order valence-corrected chi connectivity index (χ2v) is 10.6. The van der Waals surface area contributed by atoms with Gasteiger partial charge in [-0.25, -0.2) is 8.42 Å². The van der Waals surface area contributed by atoms with E-state index in [4.69, 9.17) is 4.74 Å². The van der Waals surface area contributed by atoms with E-state index < -0.39 is 21.5 Å². The van der Waals surface area contributed by atoms with Gasteiger partial charge in [0.2, 0.25) is 10.0 Å². The van der Waals surface area contributed by atoms with Crippen LogP contribution < -0.4 is 9.46 Å². The predicted molar refractivity (Wildman–Crippen MR) is 135 cm³/mol. The maximum atomic E-state index is 13.2. The lowest BCUT2D eigenvalue weighted by Crippen LogP contribution is -2.60. The first-order valence-electron chi connectivity index (χ1n) is 11.5. The van der Waals surface area contributed by atoms with E-state index in [-0.39, 0.29) is 23.8 Å². The molecule has 3 aromatic rings. The number of aliphatic carboxylic acids is 1. The Bertz CT molecular complexity index is 1250. The van der Waals surface area contributed by atoms with Gasteiger partial charge in [-0.2, -0.15) is 4.72 Å². The van der Waals surface area contributed by atoms with E-state index >= 15 is 0 Å². The van der Waals surface area contributed by atoms with Gasteiger partial charge in [-0.3, -0.25) is 9.69 Å². The van der Waals surface area contributed by atoms with Crippen LogP contribution in [0.5, 0.6) is 5.75 Å². The summed E-state index contributed by atoms with van der Waals surface area (Å²) in [5.74, 6) is -0.414. The molecule has 1 unspecified atom stereocenters. The second kappa shape index (κ2) is 10.2. The van der Waals surface area contributed by atoms with E-state index in [0.29, 0.717) is 13.1 Å². The Kier molecular flexibility index (Phi) is 7.25. The SMILES string of the molecule is COc1ccc(-c2ccc(S(=O)(=O)NC3(C(=O)O)CCN(C(C)c4ccccc4)CC3)cc2)cc1. The molecule has 0 spiro atoms. The highest BCUT2D eigenvalue weighted by Gasteiger charge is 2.45. The number of carbonyl (C=O) groups is 1. The number of hydrogen-bond acceptors (Lipinski definition) is 5. The highest BCUT2D eigenvalue weighted by Crippen LogP contribution is 2.31. The van der Waals surface area contributed by atoms with Crippen molar-refractivity contribution in [2.24, 2.45) is 0 Å². The normalized spacial score (nSPS) is 17.0. The Morgan fingerprint density at radius 3 is 2.00 bits per heavy atom. The summed E-state index contributed by atoms with van der Waals surface area (Å²) >= 11 is 0. The summed E-state index contributed by atoms with van der Waals surface area (Å²) in [4.78, 5) is 14.5. The molecule has 3 aromatic carbocycles. The number of nitrogens with one attached hydrogen (secondary N) is 1. The van der Waals surface area contributed by atoms with Gasteiger partial charge in [0.1, 0.15) is 11.3 Å². The first kappa shape index (κ1) is 24.9. The second-order valence-electron chi connectivity index (χ2n) is 8.87. The minimum atomic E-state index is -4.03. The van der Waals surface area contributed by atoms with Gasteiger partial charge in [0.25, 0.3) is 0 Å². The number of ether oxygens (including phenoxy) is 1. The molecule has 8 heteroatoms. The number of sulfonamides is 1. The standard InChI is InChI=1S/C27H30N2O5S/c1-20(21-6-4-3-5-7-21)29-18-16-27(17-19-29,26(30)31)28-35(32,33)25-14-10-23(11-15-25)22-8-12-24(34-2)13-9-22/h3-15,20,28H,16-19H2,1-2H3,(H,30,31). The van der Waals surface area contributed by atoms with E-state index in [2.05, 4.69) is 16.5 Å². The van der Waals surface area contributed by atoms with Crippen LogP contribution in [0.25, 0.3) is 11.1 Å². The smallest absolute Gasteiger partial charge is 0.324 e. The zero-order valence-electron chi connectivity index (χ0n) is 19.8. The van der Waals surface area contributed by atoms with Gasteiger partial charge in [0.05, 0.1) is 12.0 Å². The Labute approximate surface area is 206 Å². The van der Waals surface area contributed by atoms with E-state index in [0.717, 1.165) is 22.4 Å². The van der Waals surface area contributed by atoms with E-state index in [1.807, 2.05) is 54.6 Å². The topological polar surface area (TPSA) is 95.9 Å². The molecule has 35 heavy (non-hydrogen) atoms. The molecule has 0 radical (unpaired) electrons. The van der Waals surface area contributed by atoms with Gasteiger partial charge < -0.3 is 9.84 Å². The van der Waals surface area contributed by atoms with Gasteiger partial charge >= 0.3 is 5.97 Å². The third-order valence-electron chi connectivity index (χ3n) is 6.81. The molecule has 1 fully saturated rings. The number of likely N-dealkylation sites (tertiary alicyclic amines) is 1. The first-order chi connectivity index (χ1) is 16.7. The summed E-state index contributed by atoms with van der Waals surface area (Å²) in [5, 5.41) is 10.0. The maximum Gasteiger partial charge on any atom is 0.324 e. The number of methoxy groups -OCH3 is 1. The Balaban J connectivity index is 1.48. The van der Waals surface area contributed by atoms with Crippen LogP contribution in [0.3, 0.4) is 0 Å². The van der Waals surface area contributed by atoms with Crippen molar-refractivity contribution < 1.29 is 23.1 Å². The summed E-state index contributed by atoms with van der Waals surface area (Å²) in [6.07, 6.45) is 0.366. The van der Waals surface area contributed by atoms with Crippen molar-refractivity contribution in [1.82, 2.24) is 9.62 Å². The monoisotopic (exact) mass is 494 g/mol. The molecule has 1 aliphatic rings. The number of carboxylic acid groups (broad SMARTS) is 1. The first-order valence-corrected chi connectivity index (χ1v) is 13.0. The Morgan fingerprint density at radius 1 is 0.943 bits per heavy atom. The zero-order chi connectivity index (χ0) is 25.1. The highest BCUT2D eigenvalue weighted by atomic mass is 32.2. The molecular weight excluding hydrogens is 464 g/mol. The lowest BCUT2D eigenvalue weighted by atomic mass is 9.87. The van der Waals surface area contributed by atoms with Crippen LogP contribution in [0.1, 0.15) is 31.4 Å².